The third-order valence-electron chi connectivity index (χ3n) is 4.20. The highest BCUT2D eigenvalue weighted by Gasteiger charge is 2.41. The molecule has 0 saturated heterocycles. The van der Waals surface area contributed by atoms with E-state index in [1.54, 1.807) is 6.07 Å². The van der Waals surface area contributed by atoms with Gasteiger partial charge >= 0.3 is 6.18 Å². The molecule has 1 heterocycles. The van der Waals surface area contributed by atoms with Crippen molar-refractivity contribution >= 4 is 6.40 Å². The van der Waals surface area contributed by atoms with E-state index < -0.39 is 17.8 Å². The zero-order valence-corrected chi connectivity index (χ0v) is 10.9. The molecular formula is C15H16F3NO. The number of alkyl halides is 3. The predicted octanol–water partition coefficient (Wildman–Crippen LogP) is 4.36. The standard InChI is InChI=1S/C15H16F3NO/c16-15(17,18)12-8-4-3-7-11(12)13-14(20-9-19-13)10-5-1-2-6-10/h3-4,7-10,13-14H,1-2,5-6H2. The largest absolute Gasteiger partial charge is 0.477 e. The van der Waals surface area contributed by atoms with E-state index in [2.05, 4.69) is 4.99 Å². The maximum Gasteiger partial charge on any atom is 0.416 e. The normalized spacial score (nSPS) is 26.9. The van der Waals surface area contributed by atoms with Crippen LogP contribution in [0.2, 0.25) is 0 Å². The molecule has 3 rings (SSSR count). The number of rotatable bonds is 2. The summed E-state index contributed by atoms with van der Waals surface area (Å²) in [6.45, 7) is 0. The SMILES string of the molecule is FC(F)(F)c1ccccc1C1N=COC1C1CCCC1. The van der Waals surface area contributed by atoms with E-state index in [0.717, 1.165) is 31.7 Å². The molecular weight excluding hydrogens is 267 g/mol. The van der Waals surface area contributed by atoms with Gasteiger partial charge in [-0.15, -0.1) is 0 Å². The molecule has 0 aromatic heterocycles. The Bertz CT molecular complexity index is 506. The van der Waals surface area contributed by atoms with Crippen LogP contribution >= 0.6 is 0 Å². The average Bonchev–Trinajstić information content (AvgIpc) is 3.08. The Balaban J connectivity index is 1.93. The van der Waals surface area contributed by atoms with E-state index in [0.29, 0.717) is 5.92 Å². The summed E-state index contributed by atoms with van der Waals surface area (Å²) in [6.07, 6.45) is 0.990. The molecule has 2 atom stereocenters. The zero-order chi connectivity index (χ0) is 14.2. The van der Waals surface area contributed by atoms with Crippen LogP contribution in [0.15, 0.2) is 29.3 Å². The maximum absolute atomic E-state index is 13.1. The highest BCUT2D eigenvalue weighted by molar-refractivity contribution is 5.52. The Morgan fingerprint density at radius 3 is 2.50 bits per heavy atom. The molecule has 2 aliphatic rings. The Kier molecular flexibility index (Phi) is 3.44. The van der Waals surface area contributed by atoms with Crippen molar-refractivity contribution in [2.75, 3.05) is 0 Å². The highest BCUT2D eigenvalue weighted by atomic mass is 19.4. The highest BCUT2D eigenvalue weighted by Crippen LogP contribution is 2.43. The second kappa shape index (κ2) is 5.11. The first-order valence-corrected chi connectivity index (χ1v) is 6.90. The van der Waals surface area contributed by atoms with E-state index in [1.807, 2.05) is 0 Å². The second-order valence-corrected chi connectivity index (χ2v) is 5.43. The Hall–Kier alpha value is -1.52. The van der Waals surface area contributed by atoms with Gasteiger partial charge in [-0.25, -0.2) is 4.99 Å². The number of aliphatic imine (C=N–C) groups is 1. The lowest BCUT2D eigenvalue weighted by atomic mass is 9.88. The van der Waals surface area contributed by atoms with Gasteiger partial charge in [-0.1, -0.05) is 31.0 Å². The van der Waals surface area contributed by atoms with Crippen LogP contribution in [0.25, 0.3) is 0 Å². The van der Waals surface area contributed by atoms with E-state index in [1.165, 1.54) is 18.5 Å². The summed E-state index contributed by atoms with van der Waals surface area (Å²) in [7, 11) is 0. The number of nitrogens with zero attached hydrogens (tertiary/aromatic N) is 1. The molecule has 0 N–H and O–H groups in total. The molecule has 2 nitrogen and oxygen atoms in total. The lowest BCUT2D eigenvalue weighted by Crippen LogP contribution is -2.25. The summed E-state index contributed by atoms with van der Waals surface area (Å²) >= 11 is 0. The Labute approximate surface area is 115 Å². The summed E-state index contributed by atoms with van der Waals surface area (Å²) in [6, 6.07) is 5.15. The van der Waals surface area contributed by atoms with Gasteiger partial charge in [0.15, 0.2) is 6.40 Å². The average molecular weight is 283 g/mol. The van der Waals surface area contributed by atoms with Crippen molar-refractivity contribution in [3.63, 3.8) is 0 Å². The fourth-order valence-corrected chi connectivity index (χ4v) is 3.26. The summed E-state index contributed by atoms with van der Waals surface area (Å²) < 4.78 is 44.9. The van der Waals surface area contributed by atoms with Crippen molar-refractivity contribution in [1.82, 2.24) is 0 Å². The zero-order valence-electron chi connectivity index (χ0n) is 10.9. The summed E-state index contributed by atoms with van der Waals surface area (Å²) in [5.41, 5.74) is -0.374. The van der Waals surface area contributed by atoms with Gasteiger partial charge in [-0.3, -0.25) is 0 Å². The van der Waals surface area contributed by atoms with Crippen molar-refractivity contribution in [2.45, 2.75) is 44.0 Å². The predicted molar refractivity (Wildman–Crippen MR) is 69.5 cm³/mol. The number of halogens is 3. The Morgan fingerprint density at radius 2 is 1.80 bits per heavy atom. The molecule has 1 aromatic carbocycles. The monoisotopic (exact) mass is 283 g/mol. The van der Waals surface area contributed by atoms with Crippen LogP contribution in [0.4, 0.5) is 13.2 Å². The molecule has 1 aromatic rings. The fourth-order valence-electron chi connectivity index (χ4n) is 3.26. The quantitative estimate of drug-likeness (QED) is 0.790. The molecule has 1 aliphatic carbocycles. The minimum Gasteiger partial charge on any atom is -0.477 e. The first kappa shape index (κ1) is 13.5. The first-order valence-electron chi connectivity index (χ1n) is 6.90. The number of hydrogen-bond acceptors (Lipinski definition) is 2. The molecule has 5 heteroatoms. The van der Waals surface area contributed by atoms with E-state index >= 15 is 0 Å². The first-order chi connectivity index (χ1) is 9.57. The second-order valence-electron chi connectivity index (χ2n) is 5.43. The topological polar surface area (TPSA) is 21.6 Å². The summed E-state index contributed by atoms with van der Waals surface area (Å²) in [5, 5.41) is 0. The molecule has 108 valence electrons. The van der Waals surface area contributed by atoms with Crippen molar-refractivity contribution in [3.8, 4) is 0 Å². The lowest BCUT2D eigenvalue weighted by molar-refractivity contribution is -0.138. The van der Waals surface area contributed by atoms with Gasteiger partial charge in [0.25, 0.3) is 0 Å². The van der Waals surface area contributed by atoms with Gasteiger partial charge in [0.1, 0.15) is 12.1 Å². The molecule has 20 heavy (non-hydrogen) atoms. The van der Waals surface area contributed by atoms with Crippen LogP contribution in [0.1, 0.15) is 42.9 Å². The van der Waals surface area contributed by atoms with E-state index in [9.17, 15) is 13.2 Å². The summed E-state index contributed by atoms with van der Waals surface area (Å²) in [4.78, 5) is 4.16. The minimum absolute atomic E-state index is 0.227. The molecule has 1 saturated carbocycles. The third kappa shape index (κ3) is 2.41. The van der Waals surface area contributed by atoms with E-state index in [-0.39, 0.29) is 11.7 Å². The van der Waals surface area contributed by atoms with Crippen LogP contribution in [-0.4, -0.2) is 12.5 Å². The van der Waals surface area contributed by atoms with Gasteiger partial charge in [-0.2, -0.15) is 13.2 Å². The van der Waals surface area contributed by atoms with Gasteiger partial charge < -0.3 is 4.74 Å². The van der Waals surface area contributed by atoms with Crippen molar-refractivity contribution in [3.05, 3.63) is 35.4 Å². The molecule has 0 amide bonds. The van der Waals surface area contributed by atoms with Crippen molar-refractivity contribution < 1.29 is 17.9 Å². The molecule has 2 unspecified atom stereocenters. The van der Waals surface area contributed by atoms with Crippen LogP contribution < -0.4 is 0 Å². The Morgan fingerprint density at radius 1 is 1.10 bits per heavy atom. The van der Waals surface area contributed by atoms with Crippen LogP contribution in [0, 0.1) is 5.92 Å². The molecule has 0 radical (unpaired) electrons. The molecule has 1 aliphatic heterocycles. The number of benzene rings is 1. The van der Waals surface area contributed by atoms with Gasteiger partial charge in [-0.05, 0) is 30.4 Å². The minimum atomic E-state index is -4.35. The number of ether oxygens (including phenoxy) is 1. The smallest absolute Gasteiger partial charge is 0.416 e. The van der Waals surface area contributed by atoms with Crippen LogP contribution in [0.5, 0.6) is 0 Å². The molecule has 0 spiro atoms. The molecule has 0 bridgehead atoms. The maximum atomic E-state index is 13.1. The lowest BCUT2D eigenvalue weighted by Gasteiger charge is -2.25. The van der Waals surface area contributed by atoms with Crippen molar-refractivity contribution in [1.29, 1.82) is 0 Å². The molecule has 1 fully saturated rings. The van der Waals surface area contributed by atoms with Crippen molar-refractivity contribution in [2.24, 2.45) is 10.9 Å². The fraction of sp³-hybridized carbons (Fsp3) is 0.533. The van der Waals surface area contributed by atoms with Crippen LogP contribution in [-0.2, 0) is 10.9 Å². The summed E-state index contributed by atoms with van der Waals surface area (Å²) in [5.74, 6) is 0.309. The van der Waals surface area contributed by atoms with Crippen LogP contribution in [0.3, 0.4) is 0 Å². The van der Waals surface area contributed by atoms with Gasteiger partial charge in [0, 0.05) is 0 Å². The number of hydrogen-bond donors (Lipinski definition) is 0. The van der Waals surface area contributed by atoms with Gasteiger partial charge in [0.2, 0.25) is 0 Å². The van der Waals surface area contributed by atoms with Gasteiger partial charge in [0.05, 0.1) is 5.56 Å². The third-order valence-corrected chi connectivity index (χ3v) is 4.20. The van der Waals surface area contributed by atoms with E-state index in [4.69, 9.17) is 4.74 Å².